The van der Waals surface area contributed by atoms with E-state index in [-0.39, 0.29) is 0 Å². The molecule has 0 heterocycles. The van der Waals surface area contributed by atoms with E-state index in [4.69, 9.17) is 21.1 Å². The fraction of sp³-hybridized carbons (Fsp3) is 0.500. The fourth-order valence-electron chi connectivity index (χ4n) is 1.36. The first-order chi connectivity index (χ1) is 7.31. The summed E-state index contributed by atoms with van der Waals surface area (Å²) in [5.74, 6) is 2.24. The molecule has 0 radical (unpaired) electrons. The van der Waals surface area contributed by atoms with Gasteiger partial charge in [0.05, 0.1) is 13.2 Å². The van der Waals surface area contributed by atoms with Crippen molar-refractivity contribution in [1.29, 1.82) is 0 Å². The minimum absolute atomic E-state index is 0.625. The van der Waals surface area contributed by atoms with Gasteiger partial charge in [0.1, 0.15) is 0 Å². The van der Waals surface area contributed by atoms with Crippen LogP contribution < -0.4 is 9.47 Å². The predicted octanol–water partition coefficient (Wildman–Crippen LogP) is 3.27. The number of rotatable bonds is 6. The molecule has 0 aliphatic rings. The molecule has 0 N–H and O–H groups in total. The van der Waals surface area contributed by atoms with E-state index in [0.717, 1.165) is 17.9 Å². The van der Waals surface area contributed by atoms with Gasteiger partial charge in [0, 0.05) is 5.88 Å². The number of hydrogen-bond donors (Lipinski definition) is 0. The van der Waals surface area contributed by atoms with Crippen LogP contribution in [0.1, 0.15) is 19.4 Å². The Balaban J connectivity index is 2.87. The molecule has 0 atom stereocenters. The maximum absolute atomic E-state index is 5.69. The average Bonchev–Trinajstić information content (AvgIpc) is 2.23. The molecule has 1 aromatic rings. The van der Waals surface area contributed by atoms with Gasteiger partial charge in [-0.25, -0.2) is 0 Å². The Hall–Kier alpha value is -0.890. The third kappa shape index (κ3) is 3.63. The fourth-order valence-corrected chi connectivity index (χ4v) is 1.58. The van der Waals surface area contributed by atoms with Gasteiger partial charge in [0.2, 0.25) is 0 Å². The summed E-state index contributed by atoms with van der Waals surface area (Å²) in [6.45, 7) is 5.21. The largest absolute Gasteiger partial charge is 0.490 e. The summed E-state index contributed by atoms with van der Waals surface area (Å²) in [5, 5.41) is 0. The van der Waals surface area contributed by atoms with E-state index in [9.17, 15) is 0 Å². The van der Waals surface area contributed by atoms with E-state index < -0.39 is 0 Å². The third-order valence-corrected chi connectivity index (χ3v) is 2.18. The SMILES string of the molecule is CCOc1ccc(CCCl)cc1OCC. The van der Waals surface area contributed by atoms with Crippen molar-refractivity contribution in [1.82, 2.24) is 0 Å². The lowest BCUT2D eigenvalue weighted by molar-refractivity contribution is 0.287. The van der Waals surface area contributed by atoms with Crippen LogP contribution in [-0.4, -0.2) is 19.1 Å². The average molecular weight is 229 g/mol. The quantitative estimate of drug-likeness (QED) is 0.696. The van der Waals surface area contributed by atoms with Gasteiger partial charge in [0.25, 0.3) is 0 Å². The molecule has 1 aromatic carbocycles. The van der Waals surface area contributed by atoms with Crippen LogP contribution in [-0.2, 0) is 6.42 Å². The Morgan fingerprint density at radius 1 is 1.07 bits per heavy atom. The number of benzene rings is 1. The minimum atomic E-state index is 0.625. The highest BCUT2D eigenvalue weighted by Crippen LogP contribution is 2.28. The second kappa shape index (κ2) is 6.57. The predicted molar refractivity (Wildman–Crippen MR) is 63.2 cm³/mol. The molecule has 3 heteroatoms. The van der Waals surface area contributed by atoms with Crippen molar-refractivity contribution in [2.75, 3.05) is 19.1 Å². The van der Waals surface area contributed by atoms with Crippen LogP contribution >= 0.6 is 11.6 Å². The first kappa shape index (κ1) is 12.2. The number of alkyl halides is 1. The first-order valence-electron chi connectivity index (χ1n) is 5.26. The van der Waals surface area contributed by atoms with E-state index in [1.807, 2.05) is 32.0 Å². The molecular weight excluding hydrogens is 212 g/mol. The number of ether oxygens (including phenoxy) is 2. The van der Waals surface area contributed by atoms with Crippen molar-refractivity contribution >= 4 is 11.6 Å². The highest BCUT2D eigenvalue weighted by Gasteiger charge is 2.05. The van der Waals surface area contributed by atoms with Crippen molar-refractivity contribution in [2.24, 2.45) is 0 Å². The molecule has 84 valence electrons. The molecule has 0 aliphatic heterocycles. The van der Waals surface area contributed by atoms with Gasteiger partial charge in [-0.3, -0.25) is 0 Å². The lowest BCUT2D eigenvalue weighted by Crippen LogP contribution is -1.99. The van der Waals surface area contributed by atoms with E-state index in [1.165, 1.54) is 5.56 Å². The van der Waals surface area contributed by atoms with E-state index >= 15 is 0 Å². The smallest absolute Gasteiger partial charge is 0.161 e. The molecule has 0 bridgehead atoms. The molecule has 0 amide bonds. The topological polar surface area (TPSA) is 18.5 Å². The Labute approximate surface area is 96.2 Å². The summed E-state index contributed by atoms with van der Waals surface area (Å²) >= 11 is 5.69. The van der Waals surface area contributed by atoms with Crippen molar-refractivity contribution in [3.8, 4) is 11.5 Å². The minimum Gasteiger partial charge on any atom is -0.490 e. The molecule has 1 rings (SSSR count). The van der Waals surface area contributed by atoms with Crippen molar-refractivity contribution < 1.29 is 9.47 Å². The summed E-state index contributed by atoms with van der Waals surface area (Å²) in [5.41, 5.74) is 1.18. The Morgan fingerprint density at radius 3 is 2.33 bits per heavy atom. The third-order valence-electron chi connectivity index (χ3n) is 1.99. The van der Waals surface area contributed by atoms with Crippen molar-refractivity contribution in [2.45, 2.75) is 20.3 Å². The maximum atomic E-state index is 5.69. The first-order valence-corrected chi connectivity index (χ1v) is 5.79. The molecular formula is C12H17ClO2. The Kier molecular flexibility index (Phi) is 5.33. The van der Waals surface area contributed by atoms with Crippen LogP contribution in [0.3, 0.4) is 0 Å². The van der Waals surface area contributed by atoms with Crippen LogP contribution in [0, 0.1) is 0 Å². The van der Waals surface area contributed by atoms with Gasteiger partial charge in [0.15, 0.2) is 11.5 Å². The summed E-state index contributed by atoms with van der Waals surface area (Å²) in [6.07, 6.45) is 0.855. The zero-order chi connectivity index (χ0) is 11.1. The molecule has 0 aromatic heterocycles. The van der Waals surface area contributed by atoms with Crippen LogP contribution in [0.4, 0.5) is 0 Å². The van der Waals surface area contributed by atoms with Crippen molar-refractivity contribution in [3.63, 3.8) is 0 Å². The maximum Gasteiger partial charge on any atom is 0.161 e. The Morgan fingerprint density at radius 2 is 1.73 bits per heavy atom. The summed E-state index contributed by atoms with van der Waals surface area (Å²) in [4.78, 5) is 0. The normalized spacial score (nSPS) is 10.1. The van der Waals surface area contributed by atoms with Crippen LogP contribution in [0.15, 0.2) is 18.2 Å². The number of aryl methyl sites for hydroxylation is 1. The second-order valence-electron chi connectivity index (χ2n) is 3.09. The van der Waals surface area contributed by atoms with Gasteiger partial charge in [-0.2, -0.15) is 0 Å². The molecule has 0 saturated carbocycles. The highest BCUT2D eigenvalue weighted by atomic mass is 35.5. The number of hydrogen-bond acceptors (Lipinski definition) is 2. The second-order valence-corrected chi connectivity index (χ2v) is 3.46. The van der Waals surface area contributed by atoms with Crippen LogP contribution in [0.5, 0.6) is 11.5 Å². The standard InChI is InChI=1S/C12H17ClO2/c1-3-14-11-6-5-10(7-8-13)9-12(11)15-4-2/h5-6,9H,3-4,7-8H2,1-2H3. The zero-order valence-electron chi connectivity index (χ0n) is 9.25. The summed E-state index contributed by atoms with van der Waals surface area (Å²) in [6, 6.07) is 5.96. The highest BCUT2D eigenvalue weighted by molar-refractivity contribution is 6.17. The van der Waals surface area contributed by atoms with E-state index in [1.54, 1.807) is 0 Å². The lowest BCUT2D eigenvalue weighted by atomic mass is 10.1. The van der Waals surface area contributed by atoms with Gasteiger partial charge in [-0.05, 0) is 38.0 Å². The van der Waals surface area contributed by atoms with Gasteiger partial charge in [-0.15, -0.1) is 11.6 Å². The molecule has 15 heavy (non-hydrogen) atoms. The van der Waals surface area contributed by atoms with Gasteiger partial charge < -0.3 is 9.47 Å². The summed E-state index contributed by atoms with van der Waals surface area (Å²) < 4.78 is 11.0. The van der Waals surface area contributed by atoms with Gasteiger partial charge >= 0.3 is 0 Å². The van der Waals surface area contributed by atoms with E-state index in [0.29, 0.717) is 19.1 Å². The van der Waals surface area contributed by atoms with Gasteiger partial charge in [-0.1, -0.05) is 6.07 Å². The molecule has 0 spiro atoms. The van der Waals surface area contributed by atoms with Crippen LogP contribution in [0.25, 0.3) is 0 Å². The molecule has 0 saturated heterocycles. The molecule has 0 fully saturated rings. The zero-order valence-corrected chi connectivity index (χ0v) is 10.0. The summed E-state index contributed by atoms with van der Waals surface area (Å²) in [7, 11) is 0. The monoisotopic (exact) mass is 228 g/mol. The lowest BCUT2D eigenvalue weighted by Gasteiger charge is -2.11. The molecule has 0 unspecified atom stereocenters. The van der Waals surface area contributed by atoms with E-state index in [2.05, 4.69) is 0 Å². The van der Waals surface area contributed by atoms with Crippen LogP contribution in [0.2, 0.25) is 0 Å². The molecule has 0 aliphatic carbocycles. The Bertz CT molecular complexity index is 300. The molecule has 2 nitrogen and oxygen atoms in total. The number of halogens is 1. The van der Waals surface area contributed by atoms with Crippen molar-refractivity contribution in [3.05, 3.63) is 23.8 Å².